The minimum atomic E-state index is -0.127. The van der Waals surface area contributed by atoms with Gasteiger partial charge in [0.2, 0.25) is 0 Å². The summed E-state index contributed by atoms with van der Waals surface area (Å²) in [5.41, 5.74) is 5.31. The van der Waals surface area contributed by atoms with E-state index in [0.29, 0.717) is 11.4 Å². The number of carbonyl (C=O) groups is 1. The summed E-state index contributed by atoms with van der Waals surface area (Å²) in [7, 11) is 0. The number of allylic oxidation sites excluding steroid dienone is 4. The van der Waals surface area contributed by atoms with Gasteiger partial charge in [-0.3, -0.25) is 4.79 Å². The number of hydrogen-bond donors (Lipinski definition) is 1. The zero-order valence-electron chi connectivity index (χ0n) is 5.99. The molecule has 0 aromatic heterocycles. The van der Waals surface area contributed by atoms with E-state index in [1.54, 1.807) is 12.2 Å². The van der Waals surface area contributed by atoms with Crippen molar-refractivity contribution < 1.29 is 4.79 Å². The fourth-order valence-corrected chi connectivity index (χ4v) is 1.13. The predicted octanol–water partition coefficient (Wildman–Crippen LogP) is 0.974. The van der Waals surface area contributed by atoms with Crippen LogP contribution in [0.5, 0.6) is 0 Å². The van der Waals surface area contributed by atoms with Gasteiger partial charge in [0.15, 0.2) is 5.78 Å². The van der Waals surface area contributed by atoms with E-state index in [-0.39, 0.29) is 11.7 Å². The number of ketones is 1. The summed E-state index contributed by atoms with van der Waals surface area (Å²) in [6.07, 6.45) is 7.40. The van der Waals surface area contributed by atoms with E-state index < -0.39 is 0 Å². The van der Waals surface area contributed by atoms with Gasteiger partial charge in [-0.2, -0.15) is 0 Å². The molecule has 2 nitrogen and oxygen atoms in total. The standard InChI is InChI=1S/C8H9NOS/c9-8(11)5-6-3-1-2-4-7(6)10/h1-4,6H,5H2,(H2,9,11). The Morgan fingerprint density at radius 2 is 2.36 bits per heavy atom. The van der Waals surface area contributed by atoms with Gasteiger partial charge >= 0.3 is 0 Å². The molecule has 1 rings (SSSR count). The second-order valence-corrected chi connectivity index (χ2v) is 2.95. The first-order chi connectivity index (χ1) is 5.20. The van der Waals surface area contributed by atoms with Crippen LogP contribution in [0.3, 0.4) is 0 Å². The molecular weight excluding hydrogens is 158 g/mol. The Labute approximate surface area is 70.8 Å². The third-order valence-electron chi connectivity index (χ3n) is 1.50. The Hall–Kier alpha value is -0.960. The minimum Gasteiger partial charge on any atom is -0.393 e. The first kappa shape index (κ1) is 8.14. The number of rotatable bonds is 2. The Kier molecular flexibility index (Phi) is 2.54. The summed E-state index contributed by atoms with van der Waals surface area (Å²) in [6, 6.07) is 0. The van der Waals surface area contributed by atoms with Crippen LogP contribution < -0.4 is 5.73 Å². The Morgan fingerprint density at radius 1 is 1.64 bits per heavy atom. The lowest BCUT2D eigenvalue weighted by Crippen LogP contribution is -2.19. The molecule has 1 unspecified atom stereocenters. The first-order valence-electron chi connectivity index (χ1n) is 3.37. The molecule has 3 heteroatoms. The van der Waals surface area contributed by atoms with Gasteiger partial charge in [0.1, 0.15) is 0 Å². The van der Waals surface area contributed by atoms with Crippen LogP contribution in [0.1, 0.15) is 6.42 Å². The summed E-state index contributed by atoms with van der Waals surface area (Å²) in [4.78, 5) is 11.5. The fourth-order valence-electron chi connectivity index (χ4n) is 0.952. The molecule has 1 atom stereocenters. The second-order valence-electron chi connectivity index (χ2n) is 2.42. The number of carbonyl (C=O) groups excluding carboxylic acids is 1. The van der Waals surface area contributed by atoms with Crippen LogP contribution in [0.25, 0.3) is 0 Å². The van der Waals surface area contributed by atoms with Crippen molar-refractivity contribution in [3.63, 3.8) is 0 Å². The molecule has 1 aliphatic rings. The van der Waals surface area contributed by atoms with E-state index in [2.05, 4.69) is 0 Å². The van der Waals surface area contributed by atoms with Gasteiger partial charge in [-0.15, -0.1) is 0 Å². The maximum absolute atomic E-state index is 11.1. The molecule has 0 aromatic rings. The van der Waals surface area contributed by atoms with E-state index in [1.165, 1.54) is 0 Å². The molecule has 0 bridgehead atoms. The molecule has 0 amide bonds. The average molecular weight is 167 g/mol. The van der Waals surface area contributed by atoms with Crippen molar-refractivity contribution in [1.82, 2.24) is 0 Å². The van der Waals surface area contributed by atoms with Crippen LogP contribution in [0.4, 0.5) is 0 Å². The van der Waals surface area contributed by atoms with Gasteiger partial charge in [0.05, 0.1) is 4.99 Å². The van der Waals surface area contributed by atoms with Crippen LogP contribution >= 0.6 is 12.2 Å². The van der Waals surface area contributed by atoms with E-state index in [4.69, 9.17) is 18.0 Å². The largest absolute Gasteiger partial charge is 0.393 e. The Morgan fingerprint density at radius 3 is 2.91 bits per heavy atom. The maximum atomic E-state index is 11.1. The van der Waals surface area contributed by atoms with E-state index in [1.807, 2.05) is 12.2 Å². The minimum absolute atomic E-state index is 0.0836. The first-order valence-corrected chi connectivity index (χ1v) is 3.78. The third-order valence-corrected chi connectivity index (χ3v) is 1.67. The van der Waals surface area contributed by atoms with Crippen molar-refractivity contribution in [3.05, 3.63) is 24.3 Å². The van der Waals surface area contributed by atoms with Crippen molar-refractivity contribution in [3.8, 4) is 0 Å². The molecule has 1 aliphatic carbocycles. The average Bonchev–Trinajstić information content (AvgIpc) is 1.93. The number of thiocarbonyl (C=S) groups is 1. The highest BCUT2D eigenvalue weighted by Gasteiger charge is 2.14. The molecule has 0 spiro atoms. The molecule has 0 aliphatic heterocycles. The van der Waals surface area contributed by atoms with Crippen LogP contribution in [-0.2, 0) is 4.79 Å². The van der Waals surface area contributed by atoms with Gasteiger partial charge in [0.25, 0.3) is 0 Å². The quantitative estimate of drug-likeness (QED) is 0.623. The van der Waals surface area contributed by atoms with E-state index >= 15 is 0 Å². The highest BCUT2D eigenvalue weighted by Crippen LogP contribution is 2.11. The lowest BCUT2D eigenvalue weighted by atomic mass is 9.96. The zero-order chi connectivity index (χ0) is 8.27. The number of nitrogens with two attached hydrogens (primary N) is 1. The zero-order valence-corrected chi connectivity index (χ0v) is 6.80. The van der Waals surface area contributed by atoms with Gasteiger partial charge in [-0.1, -0.05) is 30.4 Å². The van der Waals surface area contributed by atoms with Gasteiger partial charge < -0.3 is 5.73 Å². The van der Waals surface area contributed by atoms with Gasteiger partial charge in [-0.05, 0) is 6.08 Å². The van der Waals surface area contributed by atoms with Crippen LogP contribution in [0, 0.1) is 5.92 Å². The normalized spacial score (nSPS) is 22.2. The SMILES string of the molecule is NC(=S)CC1C=CC=CC1=O. The van der Waals surface area contributed by atoms with Crippen molar-refractivity contribution in [1.29, 1.82) is 0 Å². The van der Waals surface area contributed by atoms with Gasteiger partial charge in [-0.25, -0.2) is 0 Å². The van der Waals surface area contributed by atoms with E-state index in [9.17, 15) is 4.79 Å². The van der Waals surface area contributed by atoms with E-state index in [0.717, 1.165) is 0 Å². The molecule has 0 aromatic carbocycles. The molecule has 0 heterocycles. The van der Waals surface area contributed by atoms with Crippen molar-refractivity contribution >= 4 is 23.0 Å². The topological polar surface area (TPSA) is 43.1 Å². The predicted molar refractivity (Wildman–Crippen MR) is 48.2 cm³/mol. The molecule has 0 saturated heterocycles. The summed E-state index contributed by atoms with van der Waals surface area (Å²) < 4.78 is 0. The fraction of sp³-hybridized carbons (Fsp3) is 0.250. The molecular formula is C8H9NOS. The van der Waals surface area contributed by atoms with Crippen molar-refractivity contribution in [2.45, 2.75) is 6.42 Å². The monoisotopic (exact) mass is 167 g/mol. The second kappa shape index (κ2) is 3.44. The molecule has 0 fully saturated rings. The lowest BCUT2D eigenvalue weighted by molar-refractivity contribution is -0.116. The summed E-state index contributed by atoms with van der Waals surface area (Å²) >= 11 is 4.70. The Bertz CT molecular complexity index is 242. The highest BCUT2D eigenvalue weighted by molar-refractivity contribution is 7.80. The van der Waals surface area contributed by atoms with Crippen molar-refractivity contribution in [2.75, 3.05) is 0 Å². The molecule has 58 valence electrons. The molecule has 0 saturated carbocycles. The Balaban J connectivity index is 2.59. The summed E-state index contributed by atoms with van der Waals surface area (Å²) in [6.45, 7) is 0. The third kappa shape index (κ3) is 2.27. The van der Waals surface area contributed by atoms with Crippen LogP contribution in [-0.4, -0.2) is 10.8 Å². The maximum Gasteiger partial charge on any atom is 0.162 e. The van der Waals surface area contributed by atoms with Crippen molar-refractivity contribution in [2.24, 2.45) is 11.7 Å². The smallest absolute Gasteiger partial charge is 0.162 e. The summed E-state index contributed by atoms with van der Waals surface area (Å²) in [5, 5.41) is 0. The van der Waals surface area contributed by atoms with Crippen LogP contribution in [0.2, 0.25) is 0 Å². The summed E-state index contributed by atoms with van der Waals surface area (Å²) in [5.74, 6) is -0.0437. The molecule has 2 N–H and O–H groups in total. The molecule has 11 heavy (non-hydrogen) atoms. The number of hydrogen-bond acceptors (Lipinski definition) is 2. The van der Waals surface area contributed by atoms with Crippen LogP contribution in [0.15, 0.2) is 24.3 Å². The lowest BCUT2D eigenvalue weighted by Gasteiger charge is -2.09. The van der Waals surface area contributed by atoms with Gasteiger partial charge in [0, 0.05) is 12.3 Å². The molecule has 0 radical (unpaired) electrons. The highest BCUT2D eigenvalue weighted by atomic mass is 32.1.